The van der Waals surface area contributed by atoms with Crippen molar-refractivity contribution in [2.24, 2.45) is 5.73 Å². The predicted molar refractivity (Wildman–Crippen MR) is 80.5 cm³/mol. The summed E-state index contributed by atoms with van der Waals surface area (Å²) in [4.78, 5) is 26.1. The second-order valence-electron chi connectivity index (χ2n) is 4.07. The van der Waals surface area contributed by atoms with Gasteiger partial charge in [-0.1, -0.05) is 18.8 Å². The Kier molecular flexibility index (Phi) is 6.77. The van der Waals surface area contributed by atoms with Crippen LogP contribution in [0, 0.1) is 11.8 Å². The van der Waals surface area contributed by atoms with Crippen LogP contribution in [0.4, 0.5) is 0 Å². The van der Waals surface area contributed by atoms with Gasteiger partial charge in [0.15, 0.2) is 0 Å². The molecule has 0 aliphatic rings. The predicted octanol–water partition coefficient (Wildman–Crippen LogP) is 0.656. The molecule has 0 spiro atoms. The molecule has 0 aromatic carbocycles. The molecule has 1 aromatic heterocycles. The van der Waals surface area contributed by atoms with Crippen molar-refractivity contribution in [1.29, 1.82) is 0 Å². The molecule has 0 radical (unpaired) electrons. The molecule has 0 aliphatic carbocycles. The fourth-order valence-electron chi connectivity index (χ4n) is 1.64. The van der Waals surface area contributed by atoms with Gasteiger partial charge in [-0.2, -0.15) is 0 Å². The van der Waals surface area contributed by atoms with Gasteiger partial charge in [0.2, 0.25) is 5.91 Å². The van der Waals surface area contributed by atoms with E-state index in [9.17, 15) is 9.59 Å². The van der Waals surface area contributed by atoms with E-state index < -0.39 is 0 Å². The first-order valence-electron chi connectivity index (χ1n) is 6.40. The van der Waals surface area contributed by atoms with E-state index in [2.05, 4.69) is 17.2 Å². The zero-order valence-corrected chi connectivity index (χ0v) is 12.5. The lowest BCUT2D eigenvalue weighted by atomic mass is 10.2. The topological polar surface area (TPSA) is 75.4 Å². The molecular weight excluding hydrogens is 274 g/mol. The number of likely N-dealkylation sites (N-methyl/N-ethyl adjacent to an activating group) is 1. The van der Waals surface area contributed by atoms with E-state index in [0.29, 0.717) is 17.0 Å². The molecule has 6 heteroatoms. The Morgan fingerprint density at radius 3 is 2.85 bits per heavy atom. The Bertz CT molecular complexity index is 528. The number of amides is 2. The van der Waals surface area contributed by atoms with Crippen LogP contribution < -0.4 is 11.1 Å². The van der Waals surface area contributed by atoms with Gasteiger partial charge in [-0.3, -0.25) is 9.59 Å². The minimum atomic E-state index is -0.182. The normalized spacial score (nSPS) is 9.55. The lowest BCUT2D eigenvalue weighted by Gasteiger charge is -2.20. The Morgan fingerprint density at radius 2 is 2.25 bits per heavy atom. The minimum absolute atomic E-state index is 0.0603. The average molecular weight is 293 g/mol. The largest absolute Gasteiger partial charge is 0.358 e. The van der Waals surface area contributed by atoms with Gasteiger partial charge in [0.05, 0.1) is 13.1 Å². The third-order valence-electron chi connectivity index (χ3n) is 2.58. The van der Waals surface area contributed by atoms with Crippen LogP contribution in [0.5, 0.6) is 0 Å². The monoisotopic (exact) mass is 293 g/mol. The quantitative estimate of drug-likeness (QED) is 0.783. The number of rotatable bonds is 5. The smallest absolute Gasteiger partial charge is 0.265 e. The maximum atomic E-state index is 12.5. The first kappa shape index (κ1) is 16.2. The maximum Gasteiger partial charge on any atom is 0.265 e. The van der Waals surface area contributed by atoms with Gasteiger partial charge in [-0.15, -0.1) is 11.3 Å². The van der Waals surface area contributed by atoms with Crippen molar-refractivity contribution >= 4 is 23.2 Å². The van der Waals surface area contributed by atoms with E-state index in [0.717, 1.165) is 6.42 Å². The van der Waals surface area contributed by atoms with Crippen LogP contribution in [-0.2, 0) is 4.79 Å². The molecule has 1 aromatic rings. The van der Waals surface area contributed by atoms with Crippen LogP contribution in [-0.4, -0.2) is 43.4 Å². The molecule has 1 heterocycles. The van der Waals surface area contributed by atoms with Gasteiger partial charge < -0.3 is 16.0 Å². The number of hydrogen-bond acceptors (Lipinski definition) is 4. The summed E-state index contributed by atoms with van der Waals surface area (Å²) in [5.41, 5.74) is 6.01. The third-order valence-corrected chi connectivity index (χ3v) is 3.48. The van der Waals surface area contributed by atoms with Crippen LogP contribution in [0.1, 0.15) is 28.6 Å². The fourth-order valence-corrected chi connectivity index (χ4v) is 2.45. The van der Waals surface area contributed by atoms with Gasteiger partial charge in [-0.05, 0) is 17.9 Å². The minimum Gasteiger partial charge on any atom is -0.358 e. The number of carbonyl (C=O) groups excluding carboxylic acids is 2. The molecular formula is C14H19N3O2S. The molecule has 2 amide bonds. The van der Waals surface area contributed by atoms with Crippen molar-refractivity contribution in [3.05, 3.63) is 21.9 Å². The summed E-state index contributed by atoms with van der Waals surface area (Å²) in [6, 6.07) is 1.80. The van der Waals surface area contributed by atoms with Crippen molar-refractivity contribution in [2.45, 2.75) is 13.3 Å². The molecule has 5 nitrogen and oxygen atoms in total. The molecule has 3 N–H and O–H groups in total. The Morgan fingerprint density at radius 1 is 1.50 bits per heavy atom. The van der Waals surface area contributed by atoms with Crippen LogP contribution >= 0.6 is 11.3 Å². The molecule has 108 valence electrons. The van der Waals surface area contributed by atoms with Crippen LogP contribution in [0.15, 0.2) is 11.4 Å². The maximum absolute atomic E-state index is 12.5. The van der Waals surface area contributed by atoms with Gasteiger partial charge >= 0.3 is 0 Å². The number of nitrogens with one attached hydrogen (secondary N) is 1. The summed E-state index contributed by atoms with van der Waals surface area (Å²) >= 11 is 1.33. The van der Waals surface area contributed by atoms with Gasteiger partial charge in [0, 0.05) is 19.2 Å². The summed E-state index contributed by atoms with van der Waals surface area (Å²) in [6.45, 7) is 2.81. The lowest BCUT2D eigenvalue weighted by Crippen LogP contribution is -2.40. The third kappa shape index (κ3) is 4.37. The molecule has 0 unspecified atom stereocenters. The Balaban J connectivity index is 2.94. The average Bonchev–Trinajstić information content (AvgIpc) is 2.91. The first-order chi connectivity index (χ1) is 9.63. The molecule has 0 atom stereocenters. The first-order valence-corrected chi connectivity index (χ1v) is 7.28. The summed E-state index contributed by atoms with van der Waals surface area (Å²) in [7, 11) is 1.56. The standard InChI is InChI=1S/C14H19N3O2S/c1-3-8-17(10-12(18)16-2)14(19)13-11(5-4-7-15)6-9-20-13/h6,9H,3,7-8,10,15H2,1-2H3,(H,16,18). The van der Waals surface area contributed by atoms with Gasteiger partial charge in [0.25, 0.3) is 5.91 Å². The zero-order valence-electron chi connectivity index (χ0n) is 11.7. The number of nitrogens with two attached hydrogens (primary N) is 1. The highest BCUT2D eigenvalue weighted by atomic mass is 32.1. The summed E-state index contributed by atoms with van der Waals surface area (Å²) in [5, 5.41) is 4.35. The molecule has 20 heavy (non-hydrogen) atoms. The molecule has 0 aliphatic heterocycles. The zero-order chi connectivity index (χ0) is 15.0. The number of nitrogens with zero attached hydrogens (tertiary/aromatic N) is 1. The molecule has 0 saturated heterocycles. The fraction of sp³-hybridized carbons (Fsp3) is 0.429. The molecule has 0 saturated carbocycles. The van der Waals surface area contributed by atoms with E-state index in [-0.39, 0.29) is 24.9 Å². The van der Waals surface area contributed by atoms with E-state index in [1.54, 1.807) is 13.1 Å². The molecule has 1 rings (SSSR count). The van der Waals surface area contributed by atoms with Crippen molar-refractivity contribution in [3.8, 4) is 11.8 Å². The molecule has 0 fully saturated rings. The van der Waals surface area contributed by atoms with E-state index >= 15 is 0 Å². The van der Waals surface area contributed by atoms with Crippen molar-refractivity contribution in [3.63, 3.8) is 0 Å². The van der Waals surface area contributed by atoms with Crippen molar-refractivity contribution in [2.75, 3.05) is 26.7 Å². The van der Waals surface area contributed by atoms with E-state index in [1.807, 2.05) is 12.3 Å². The van der Waals surface area contributed by atoms with Crippen molar-refractivity contribution in [1.82, 2.24) is 10.2 Å². The lowest BCUT2D eigenvalue weighted by molar-refractivity contribution is -0.121. The van der Waals surface area contributed by atoms with E-state index in [1.165, 1.54) is 16.2 Å². The van der Waals surface area contributed by atoms with Crippen LogP contribution in [0.3, 0.4) is 0 Å². The Labute approximate surface area is 123 Å². The highest BCUT2D eigenvalue weighted by molar-refractivity contribution is 7.12. The number of thiophene rings is 1. The highest BCUT2D eigenvalue weighted by Crippen LogP contribution is 2.18. The summed E-state index contributed by atoms with van der Waals surface area (Å²) in [6.07, 6.45) is 0.790. The van der Waals surface area contributed by atoms with Crippen LogP contribution in [0.2, 0.25) is 0 Å². The van der Waals surface area contributed by atoms with Crippen molar-refractivity contribution < 1.29 is 9.59 Å². The number of carbonyl (C=O) groups is 2. The highest BCUT2D eigenvalue weighted by Gasteiger charge is 2.20. The molecule has 0 bridgehead atoms. The second-order valence-corrected chi connectivity index (χ2v) is 4.99. The summed E-state index contributed by atoms with van der Waals surface area (Å²) < 4.78 is 0. The second kappa shape index (κ2) is 8.35. The van der Waals surface area contributed by atoms with Gasteiger partial charge in [0.1, 0.15) is 4.88 Å². The Hall–Kier alpha value is -1.84. The number of hydrogen-bond donors (Lipinski definition) is 2. The van der Waals surface area contributed by atoms with E-state index in [4.69, 9.17) is 5.73 Å². The summed E-state index contributed by atoms with van der Waals surface area (Å²) in [5.74, 6) is 5.29. The van der Waals surface area contributed by atoms with Gasteiger partial charge in [-0.25, -0.2) is 0 Å². The van der Waals surface area contributed by atoms with Crippen LogP contribution in [0.25, 0.3) is 0 Å². The SMILES string of the molecule is CCCN(CC(=O)NC)C(=O)c1sccc1C#CCN.